The number of anilines is 1. The van der Waals surface area contributed by atoms with Gasteiger partial charge in [-0.3, -0.25) is 0 Å². The molecule has 1 aliphatic rings. The van der Waals surface area contributed by atoms with Gasteiger partial charge in [-0.05, 0) is 6.92 Å². The summed E-state index contributed by atoms with van der Waals surface area (Å²) in [6, 6.07) is 0. The lowest BCUT2D eigenvalue weighted by Gasteiger charge is -2.12. The topological polar surface area (TPSA) is 96.7 Å². The SMILES string of the molecule is COC(C)Oc1nc(N)nc2c1N=C[N]2. The molecule has 0 bridgehead atoms. The Bertz CT molecular complexity index is 406. The first-order valence-corrected chi connectivity index (χ1v) is 4.31. The lowest BCUT2D eigenvalue weighted by molar-refractivity contribution is -0.0404. The molecule has 1 unspecified atom stereocenters. The van der Waals surface area contributed by atoms with Crippen LogP contribution in [0, 0.1) is 0 Å². The summed E-state index contributed by atoms with van der Waals surface area (Å²) < 4.78 is 10.3. The third kappa shape index (κ3) is 1.82. The standard InChI is InChI=1S/C8H10N5O2/c1-4(14-2)15-7-5-6(11-3-10-5)12-8(9)13-7/h3-4H,1-2H3,(H2,9,12,13). The smallest absolute Gasteiger partial charge is 0.249 e. The molecule has 0 saturated carbocycles. The van der Waals surface area contributed by atoms with Crippen LogP contribution in [0.5, 0.6) is 5.88 Å². The maximum atomic E-state index is 5.49. The van der Waals surface area contributed by atoms with Gasteiger partial charge in [-0.25, -0.2) is 10.3 Å². The highest BCUT2D eigenvalue weighted by Crippen LogP contribution is 2.35. The Balaban J connectivity index is 2.33. The van der Waals surface area contributed by atoms with Gasteiger partial charge in [0.25, 0.3) is 0 Å². The largest absolute Gasteiger partial charge is 0.446 e. The first kappa shape index (κ1) is 9.66. The Kier molecular flexibility index (Phi) is 2.38. The van der Waals surface area contributed by atoms with Gasteiger partial charge in [0.2, 0.25) is 11.8 Å². The fourth-order valence-electron chi connectivity index (χ4n) is 1.07. The predicted octanol–water partition coefficient (Wildman–Crippen LogP) is 0.339. The second kappa shape index (κ2) is 3.70. The van der Waals surface area contributed by atoms with Gasteiger partial charge in [0.05, 0.1) is 0 Å². The van der Waals surface area contributed by atoms with E-state index in [1.54, 1.807) is 6.92 Å². The number of hydrogen-bond acceptors (Lipinski definition) is 6. The number of methoxy groups -OCH3 is 1. The van der Waals surface area contributed by atoms with E-state index in [-0.39, 0.29) is 11.8 Å². The molecule has 0 fully saturated rings. The van der Waals surface area contributed by atoms with Crippen molar-refractivity contribution in [3.63, 3.8) is 0 Å². The number of hydrogen-bond donors (Lipinski definition) is 1. The van der Waals surface area contributed by atoms with Crippen molar-refractivity contribution in [1.82, 2.24) is 15.3 Å². The summed E-state index contributed by atoms with van der Waals surface area (Å²) in [5, 5.41) is 3.91. The van der Waals surface area contributed by atoms with Gasteiger partial charge < -0.3 is 15.2 Å². The number of nitrogen functional groups attached to an aromatic ring is 1. The molecule has 7 heteroatoms. The third-order valence-electron chi connectivity index (χ3n) is 1.83. The van der Waals surface area contributed by atoms with Crippen LogP contribution in [0.3, 0.4) is 0 Å². The summed E-state index contributed by atoms with van der Waals surface area (Å²) in [6.07, 6.45) is 0.947. The summed E-state index contributed by atoms with van der Waals surface area (Å²) >= 11 is 0. The highest BCUT2D eigenvalue weighted by molar-refractivity contribution is 5.82. The minimum atomic E-state index is -0.431. The second-order valence-electron chi connectivity index (χ2n) is 2.85. The monoisotopic (exact) mass is 208 g/mol. The van der Waals surface area contributed by atoms with Gasteiger partial charge in [-0.2, -0.15) is 9.97 Å². The maximum absolute atomic E-state index is 5.49. The van der Waals surface area contributed by atoms with Crippen molar-refractivity contribution in [2.24, 2.45) is 4.99 Å². The van der Waals surface area contributed by atoms with Crippen LogP contribution >= 0.6 is 0 Å². The fourth-order valence-corrected chi connectivity index (χ4v) is 1.07. The Morgan fingerprint density at radius 2 is 2.20 bits per heavy atom. The number of nitrogens with two attached hydrogens (primary N) is 1. The zero-order valence-electron chi connectivity index (χ0n) is 8.34. The number of fused-ring (bicyclic) bond motifs is 1. The summed E-state index contributed by atoms with van der Waals surface area (Å²) in [6.45, 7) is 1.74. The number of rotatable bonds is 3. The van der Waals surface area contributed by atoms with Gasteiger partial charge in [-0.1, -0.05) is 0 Å². The zero-order chi connectivity index (χ0) is 10.8. The minimum Gasteiger partial charge on any atom is -0.446 e. The molecule has 1 aromatic heterocycles. The molecule has 1 aliphatic heterocycles. The molecule has 2 rings (SSSR count). The highest BCUT2D eigenvalue weighted by atomic mass is 16.7. The Morgan fingerprint density at radius 1 is 1.40 bits per heavy atom. The normalized spacial score (nSPS) is 14.5. The molecule has 79 valence electrons. The molecule has 2 N–H and O–H groups in total. The molecule has 0 aliphatic carbocycles. The molecule has 0 amide bonds. The molecule has 1 aromatic rings. The third-order valence-corrected chi connectivity index (χ3v) is 1.83. The average molecular weight is 208 g/mol. The van der Waals surface area contributed by atoms with E-state index in [1.807, 2.05) is 0 Å². The number of nitrogens with zero attached hydrogens (tertiary/aromatic N) is 4. The summed E-state index contributed by atoms with van der Waals surface area (Å²) in [4.78, 5) is 11.8. The zero-order valence-corrected chi connectivity index (χ0v) is 8.34. The molecule has 7 nitrogen and oxygen atoms in total. The van der Waals surface area contributed by atoms with E-state index in [1.165, 1.54) is 13.4 Å². The van der Waals surface area contributed by atoms with Crippen LogP contribution in [0.2, 0.25) is 0 Å². The molecule has 1 atom stereocenters. The number of aliphatic imine (C=N–C) groups is 1. The summed E-state index contributed by atoms with van der Waals surface area (Å²) in [5.74, 6) is 0.798. The van der Waals surface area contributed by atoms with Crippen molar-refractivity contribution in [2.45, 2.75) is 13.2 Å². The van der Waals surface area contributed by atoms with Gasteiger partial charge in [0.15, 0.2) is 17.8 Å². The Labute approximate surface area is 86.3 Å². The average Bonchev–Trinajstić information content (AvgIpc) is 2.65. The molecule has 1 radical (unpaired) electrons. The molecular formula is C8H10N5O2. The molecule has 15 heavy (non-hydrogen) atoms. The Morgan fingerprint density at radius 3 is 2.93 bits per heavy atom. The van der Waals surface area contributed by atoms with Crippen LogP contribution in [-0.4, -0.2) is 29.7 Å². The van der Waals surface area contributed by atoms with Gasteiger partial charge >= 0.3 is 0 Å². The van der Waals surface area contributed by atoms with E-state index in [9.17, 15) is 0 Å². The van der Waals surface area contributed by atoms with E-state index >= 15 is 0 Å². The van der Waals surface area contributed by atoms with E-state index in [0.29, 0.717) is 11.5 Å². The minimum absolute atomic E-state index is 0.0984. The lowest BCUT2D eigenvalue weighted by atomic mass is 10.4. The molecule has 0 saturated heterocycles. The van der Waals surface area contributed by atoms with Crippen LogP contribution in [-0.2, 0) is 4.74 Å². The van der Waals surface area contributed by atoms with Crippen molar-refractivity contribution in [3.05, 3.63) is 0 Å². The van der Waals surface area contributed by atoms with Crippen molar-refractivity contribution < 1.29 is 9.47 Å². The molecule has 0 spiro atoms. The number of aromatic nitrogens is 2. The first-order chi connectivity index (χ1) is 7.20. The number of ether oxygens (including phenoxy) is 2. The summed E-state index contributed by atoms with van der Waals surface area (Å²) in [5.41, 5.74) is 5.97. The van der Waals surface area contributed by atoms with Crippen LogP contribution < -0.4 is 15.8 Å². The van der Waals surface area contributed by atoms with E-state index in [2.05, 4.69) is 20.3 Å². The predicted molar refractivity (Wildman–Crippen MR) is 53.5 cm³/mol. The van der Waals surface area contributed by atoms with Gasteiger partial charge in [-0.15, -0.1) is 0 Å². The van der Waals surface area contributed by atoms with Crippen LogP contribution in [0.15, 0.2) is 4.99 Å². The lowest BCUT2D eigenvalue weighted by Crippen LogP contribution is -2.15. The van der Waals surface area contributed by atoms with Crippen LogP contribution in [0.25, 0.3) is 0 Å². The van der Waals surface area contributed by atoms with E-state index < -0.39 is 6.29 Å². The molecular weight excluding hydrogens is 198 g/mol. The highest BCUT2D eigenvalue weighted by Gasteiger charge is 2.19. The van der Waals surface area contributed by atoms with E-state index in [4.69, 9.17) is 15.2 Å². The van der Waals surface area contributed by atoms with Gasteiger partial charge in [0, 0.05) is 7.11 Å². The van der Waals surface area contributed by atoms with Crippen molar-refractivity contribution >= 4 is 23.8 Å². The van der Waals surface area contributed by atoms with Crippen LogP contribution in [0.4, 0.5) is 17.5 Å². The fraction of sp³-hybridized carbons (Fsp3) is 0.375. The first-order valence-electron chi connectivity index (χ1n) is 4.31. The quantitative estimate of drug-likeness (QED) is 0.722. The maximum Gasteiger partial charge on any atom is 0.249 e. The Hall–Kier alpha value is -1.89. The van der Waals surface area contributed by atoms with E-state index in [0.717, 1.165) is 0 Å². The van der Waals surface area contributed by atoms with Gasteiger partial charge in [0.1, 0.15) is 6.34 Å². The molecule has 0 aromatic carbocycles. The van der Waals surface area contributed by atoms with Crippen molar-refractivity contribution in [3.8, 4) is 5.88 Å². The van der Waals surface area contributed by atoms with Crippen LogP contribution in [0.1, 0.15) is 6.92 Å². The molecule has 2 heterocycles. The van der Waals surface area contributed by atoms with Crippen molar-refractivity contribution in [2.75, 3.05) is 12.8 Å². The summed E-state index contributed by atoms with van der Waals surface area (Å²) in [7, 11) is 1.53. The second-order valence-corrected chi connectivity index (χ2v) is 2.85. The van der Waals surface area contributed by atoms with Crippen molar-refractivity contribution in [1.29, 1.82) is 0 Å².